The van der Waals surface area contributed by atoms with Crippen molar-refractivity contribution in [2.75, 3.05) is 26.9 Å². The molecule has 0 heterocycles. The first-order valence-electron chi connectivity index (χ1n) is 6.71. The van der Waals surface area contributed by atoms with Crippen LogP contribution in [0.4, 0.5) is 0 Å². The highest BCUT2D eigenvalue weighted by atomic mass is 16.5. The number of hydrogen-bond donors (Lipinski definition) is 2. The normalized spacial score (nSPS) is 14.1. The summed E-state index contributed by atoms with van der Waals surface area (Å²) < 4.78 is 10.5. The number of hydrogen-bond acceptors (Lipinski definition) is 4. The van der Waals surface area contributed by atoms with Gasteiger partial charge >= 0.3 is 0 Å². The molecule has 0 aliphatic rings. The fourth-order valence-electron chi connectivity index (χ4n) is 1.62. The maximum Gasteiger partial charge on any atom is 0.119 e. The van der Waals surface area contributed by atoms with Crippen LogP contribution < -0.4 is 10.1 Å². The first-order chi connectivity index (χ1) is 9.11. The van der Waals surface area contributed by atoms with Gasteiger partial charge in [-0.05, 0) is 32.4 Å². The molecular weight excluding hydrogens is 242 g/mol. The molecule has 4 nitrogen and oxygen atoms in total. The summed E-state index contributed by atoms with van der Waals surface area (Å²) in [6.45, 7) is 5.66. The third kappa shape index (κ3) is 7.15. The monoisotopic (exact) mass is 267 g/mol. The van der Waals surface area contributed by atoms with Crippen LogP contribution in [0.1, 0.15) is 18.9 Å². The van der Waals surface area contributed by atoms with E-state index in [4.69, 9.17) is 9.47 Å². The highest BCUT2D eigenvalue weighted by Crippen LogP contribution is 2.11. The molecule has 108 valence electrons. The van der Waals surface area contributed by atoms with E-state index >= 15 is 0 Å². The number of aliphatic hydroxyl groups excluding tert-OH is 1. The molecule has 0 bridgehead atoms. The Bertz CT molecular complexity index is 340. The van der Waals surface area contributed by atoms with E-state index in [-0.39, 0.29) is 0 Å². The van der Waals surface area contributed by atoms with Gasteiger partial charge in [0.05, 0.1) is 0 Å². The van der Waals surface area contributed by atoms with E-state index in [1.54, 1.807) is 7.11 Å². The Kier molecular flexibility index (Phi) is 7.48. The van der Waals surface area contributed by atoms with Crippen LogP contribution in [0.15, 0.2) is 24.3 Å². The zero-order valence-corrected chi connectivity index (χ0v) is 12.1. The second-order valence-corrected chi connectivity index (χ2v) is 4.87. The summed E-state index contributed by atoms with van der Waals surface area (Å²) >= 11 is 0. The van der Waals surface area contributed by atoms with Gasteiger partial charge in [0.25, 0.3) is 0 Å². The Morgan fingerprint density at radius 2 is 1.95 bits per heavy atom. The highest BCUT2D eigenvalue weighted by molar-refractivity contribution is 5.26. The van der Waals surface area contributed by atoms with Crippen LogP contribution in [0.5, 0.6) is 5.75 Å². The average Bonchev–Trinajstić information content (AvgIpc) is 2.42. The molecule has 0 fully saturated rings. The molecule has 2 N–H and O–H groups in total. The van der Waals surface area contributed by atoms with Crippen LogP contribution in [0.3, 0.4) is 0 Å². The van der Waals surface area contributed by atoms with E-state index in [1.165, 1.54) is 5.56 Å². The summed E-state index contributed by atoms with van der Waals surface area (Å²) in [6.07, 6.45) is 0.425. The minimum Gasteiger partial charge on any atom is -0.491 e. The standard InChI is InChI=1S/C15H25NO3/c1-12-4-6-15(7-5-12)19-11-14(17)10-16-13(2)8-9-18-3/h4-7,13-14,16-17H,8-11H2,1-3H3. The topological polar surface area (TPSA) is 50.7 Å². The van der Waals surface area contributed by atoms with E-state index in [1.807, 2.05) is 31.2 Å². The fourth-order valence-corrected chi connectivity index (χ4v) is 1.62. The molecule has 1 rings (SSSR count). The van der Waals surface area contributed by atoms with Gasteiger partial charge in [0, 0.05) is 26.3 Å². The van der Waals surface area contributed by atoms with Crippen molar-refractivity contribution in [1.82, 2.24) is 5.32 Å². The molecule has 0 aliphatic carbocycles. The molecule has 4 heteroatoms. The first-order valence-corrected chi connectivity index (χ1v) is 6.71. The van der Waals surface area contributed by atoms with Gasteiger partial charge in [0.15, 0.2) is 0 Å². The molecule has 0 radical (unpaired) electrons. The Morgan fingerprint density at radius 1 is 1.26 bits per heavy atom. The Hall–Kier alpha value is -1.10. The summed E-state index contributed by atoms with van der Waals surface area (Å²) in [7, 11) is 1.69. The van der Waals surface area contributed by atoms with Gasteiger partial charge in [0.1, 0.15) is 18.5 Å². The SMILES string of the molecule is COCCC(C)NCC(O)COc1ccc(C)cc1. The number of rotatable bonds is 9. The summed E-state index contributed by atoms with van der Waals surface area (Å²) in [5, 5.41) is 13.1. The van der Waals surface area contributed by atoms with Crippen molar-refractivity contribution < 1.29 is 14.6 Å². The highest BCUT2D eigenvalue weighted by Gasteiger charge is 2.07. The Morgan fingerprint density at radius 3 is 2.58 bits per heavy atom. The smallest absolute Gasteiger partial charge is 0.119 e. The zero-order valence-electron chi connectivity index (χ0n) is 12.1. The number of aliphatic hydroxyl groups is 1. The molecule has 0 saturated carbocycles. The second-order valence-electron chi connectivity index (χ2n) is 4.87. The van der Waals surface area contributed by atoms with E-state index in [9.17, 15) is 5.11 Å². The lowest BCUT2D eigenvalue weighted by Gasteiger charge is -2.17. The van der Waals surface area contributed by atoms with Crippen LogP contribution in [0, 0.1) is 6.92 Å². The maximum absolute atomic E-state index is 9.82. The number of nitrogens with one attached hydrogen (secondary N) is 1. The summed E-state index contributed by atoms with van der Waals surface area (Å²) in [4.78, 5) is 0. The predicted molar refractivity (Wildman–Crippen MR) is 76.6 cm³/mol. The van der Waals surface area contributed by atoms with Crippen LogP contribution in [-0.4, -0.2) is 44.1 Å². The van der Waals surface area contributed by atoms with Gasteiger partial charge in [-0.2, -0.15) is 0 Å². The molecule has 0 spiro atoms. The lowest BCUT2D eigenvalue weighted by molar-refractivity contribution is 0.102. The Balaban J connectivity index is 2.17. The van der Waals surface area contributed by atoms with Crippen molar-refractivity contribution in [3.63, 3.8) is 0 Å². The van der Waals surface area contributed by atoms with Gasteiger partial charge in [-0.25, -0.2) is 0 Å². The van der Waals surface area contributed by atoms with E-state index < -0.39 is 6.10 Å². The minimum atomic E-state index is -0.508. The molecule has 0 saturated heterocycles. The average molecular weight is 267 g/mol. The first kappa shape index (κ1) is 16.0. The zero-order chi connectivity index (χ0) is 14.1. The second kappa shape index (κ2) is 8.91. The lowest BCUT2D eigenvalue weighted by Crippen LogP contribution is -2.37. The quantitative estimate of drug-likeness (QED) is 0.715. The molecule has 0 aliphatic heterocycles. The van der Waals surface area contributed by atoms with Crippen molar-refractivity contribution in [1.29, 1.82) is 0 Å². The van der Waals surface area contributed by atoms with Crippen LogP contribution >= 0.6 is 0 Å². The van der Waals surface area contributed by atoms with Gasteiger partial charge < -0.3 is 19.9 Å². The molecule has 19 heavy (non-hydrogen) atoms. The summed E-state index contributed by atoms with van der Waals surface area (Å²) in [6, 6.07) is 8.14. The minimum absolute atomic E-state index is 0.299. The van der Waals surface area contributed by atoms with Crippen molar-refractivity contribution in [3.05, 3.63) is 29.8 Å². The fraction of sp³-hybridized carbons (Fsp3) is 0.600. The Labute approximate surface area is 115 Å². The number of benzene rings is 1. The summed E-state index contributed by atoms with van der Waals surface area (Å²) in [5.74, 6) is 0.789. The van der Waals surface area contributed by atoms with Gasteiger partial charge in [-0.1, -0.05) is 17.7 Å². The van der Waals surface area contributed by atoms with Crippen molar-refractivity contribution >= 4 is 0 Å². The molecule has 1 aromatic rings. The van der Waals surface area contributed by atoms with Crippen LogP contribution in [0.25, 0.3) is 0 Å². The largest absolute Gasteiger partial charge is 0.491 e. The van der Waals surface area contributed by atoms with E-state index in [0.717, 1.165) is 18.8 Å². The third-order valence-corrected chi connectivity index (χ3v) is 2.92. The third-order valence-electron chi connectivity index (χ3n) is 2.92. The summed E-state index contributed by atoms with van der Waals surface area (Å²) in [5.41, 5.74) is 1.20. The van der Waals surface area contributed by atoms with Gasteiger partial charge in [-0.15, -0.1) is 0 Å². The molecule has 0 aromatic heterocycles. The van der Waals surface area contributed by atoms with Crippen molar-refractivity contribution in [2.45, 2.75) is 32.4 Å². The van der Waals surface area contributed by atoms with Crippen molar-refractivity contribution in [2.24, 2.45) is 0 Å². The number of aryl methyl sites for hydroxylation is 1. The maximum atomic E-state index is 9.82. The van der Waals surface area contributed by atoms with Gasteiger partial charge in [0.2, 0.25) is 0 Å². The molecule has 1 aromatic carbocycles. The van der Waals surface area contributed by atoms with Crippen LogP contribution in [-0.2, 0) is 4.74 Å². The molecule has 2 atom stereocenters. The predicted octanol–water partition coefficient (Wildman–Crippen LogP) is 1.75. The number of ether oxygens (including phenoxy) is 2. The van der Waals surface area contributed by atoms with E-state index in [0.29, 0.717) is 19.2 Å². The molecule has 2 unspecified atom stereocenters. The molecular formula is C15H25NO3. The van der Waals surface area contributed by atoms with E-state index in [2.05, 4.69) is 12.2 Å². The van der Waals surface area contributed by atoms with Crippen molar-refractivity contribution in [3.8, 4) is 5.75 Å². The van der Waals surface area contributed by atoms with Crippen LogP contribution in [0.2, 0.25) is 0 Å². The van der Waals surface area contributed by atoms with Gasteiger partial charge in [-0.3, -0.25) is 0 Å². The molecule has 0 amide bonds. The lowest BCUT2D eigenvalue weighted by atomic mass is 10.2. The number of methoxy groups -OCH3 is 1.